The molecular formula is C20H16N2O4S. The van der Waals surface area contributed by atoms with Gasteiger partial charge in [0.2, 0.25) is 5.76 Å². The highest BCUT2D eigenvalue weighted by molar-refractivity contribution is 7.99. The van der Waals surface area contributed by atoms with E-state index < -0.39 is 18.5 Å². The summed E-state index contributed by atoms with van der Waals surface area (Å²) in [7, 11) is 0. The van der Waals surface area contributed by atoms with Gasteiger partial charge in [0.1, 0.15) is 17.3 Å². The van der Waals surface area contributed by atoms with Crippen LogP contribution in [0, 0.1) is 11.3 Å². The molecule has 0 unspecified atom stereocenters. The second-order valence-electron chi connectivity index (χ2n) is 5.47. The Morgan fingerprint density at radius 2 is 1.93 bits per heavy atom. The molecule has 0 fully saturated rings. The number of thioether (sulfide) groups is 1. The van der Waals surface area contributed by atoms with Crippen molar-refractivity contribution in [3.05, 3.63) is 59.9 Å². The first-order valence-corrected chi connectivity index (χ1v) is 9.23. The van der Waals surface area contributed by atoms with E-state index in [4.69, 9.17) is 9.15 Å². The fourth-order valence-electron chi connectivity index (χ4n) is 2.55. The van der Waals surface area contributed by atoms with Crippen molar-refractivity contribution in [1.29, 1.82) is 5.26 Å². The van der Waals surface area contributed by atoms with Crippen molar-refractivity contribution in [2.45, 2.75) is 11.8 Å². The van der Waals surface area contributed by atoms with E-state index in [-0.39, 0.29) is 11.4 Å². The molecule has 7 heteroatoms. The summed E-state index contributed by atoms with van der Waals surface area (Å²) < 4.78 is 10.5. The molecule has 0 aliphatic carbocycles. The first kappa shape index (κ1) is 18.5. The topological polar surface area (TPSA) is 92.3 Å². The quantitative estimate of drug-likeness (QED) is 0.509. The lowest BCUT2D eigenvalue weighted by Gasteiger charge is -2.09. The van der Waals surface area contributed by atoms with Gasteiger partial charge in [0, 0.05) is 10.3 Å². The van der Waals surface area contributed by atoms with Crippen LogP contribution in [0.15, 0.2) is 57.8 Å². The number of fused-ring (bicyclic) bond motifs is 1. The molecule has 0 aliphatic rings. The van der Waals surface area contributed by atoms with Gasteiger partial charge in [-0.05, 0) is 30.0 Å². The summed E-state index contributed by atoms with van der Waals surface area (Å²) in [6, 6.07) is 16.0. The van der Waals surface area contributed by atoms with Crippen LogP contribution in [-0.4, -0.2) is 24.2 Å². The van der Waals surface area contributed by atoms with Crippen LogP contribution >= 0.6 is 11.8 Å². The zero-order valence-corrected chi connectivity index (χ0v) is 15.3. The number of anilines is 1. The van der Waals surface area contributed by atoms with Gasteiger partial charge in [-0.25, -0.2) is 4.79 Å². The van der Waals surface area contributed by atoms with E-state index in [1.165, 1.54) is 11.8 Å². The number of esters is 1. The zero-order valence-electron chi connectivity index (χ0n) is 14.5. The Kier molecular flexibility index (Phi) is 5.79. The minimum Gasteiger partial charge on any atom is -0.452 e. The van der Waals surface area contributed by atoms with Crippen LogP contribution in [0.25, 0.3) is 11.0 Å². The Morgan fingerprint density at radius 1 is 1.19 bits per heavy atom. The Labute approximate surface area is 160 Å². The first-order chi connectivity index (χ1) is 13.1. The number of nitrogens with zero attached hydrogens (tertiary/aromatic N) is 1. The fraction of sp³-hybridized carbons (Fsp3) is 0.150. The van der Waals surface area contributed by atoms with E-state index in [0.29, 0.717) is 16.5 Å². The summed E-state index contributed by atoms with van der Waals surface area (Å²) in [4.78, 5) is 25.3. The largest absolute Gasteiger partial charge is 0.452 e. The monoisotopic (exact) mass is 380 g/mol. The number of furan rings is 1. The van der Waals surface area contributed by atoms with Crippen molar-refractivity contribution in [3.8, 4) is 6.07 Å². The Bertz CT molecular complexity index is 1040. The van der Waals surface area contributed by atoms with Crippen molar-refractivity contribution < 1.29 is 18.7 Å². The Morgan fingerprint density at radius 3 is 2.70 bits per heavy atom. The van der Waals surface area contributed by atoms with Gasteiger partial charge in [0.05, 0.1) is 5.56 Å². The van der Waals surface area contributed by atoms with Gasteiger partial charge >= 0.3 is 5.97 Å². The molecule has 1 aromatic heterocycles. The van der Waals surface area contributed by atoms with Crippen molar-refractivity contribution >= 4 is 40.3 Å². The highest BCUT2D eigenvalue weighted by Gasteiger charge is 2.18. The lowest BCUT2D eigenvalue weighted by molar-refractivity contribution is -0.119. The number of nitriles is 1. The number of hydrogen-bond acceptors (Lipinski definition) is 6. The van der Waals surface area contributed by atoms with Crippen LogP contribution in [0.1, 0.15) is 23.0 Å². The maximum absolute atomic E-state index is 12.3. The predicted octanol–water partition coefficient (Wildman–Crippen LogP) is 4.21. The lowest BCUT2D eigenvalue weighted by Crippen LogP contribution is -2.21. The summed E-state index contributed by atoms with van der Waals surface area (Å²) in [6.07, 6.45) is 0. The molecule has 136 valence electrons. The smallest absolute Gasteiger partial charge is 0.339 e. The molecule has 0 radical (unpaired) electrons. The van der Waals surface area contributed by atoms with E-state index in [2.05, 4.69) is 5.32 Å². The van der Waals surface area contributed by atoms with Gasteiger partial charge < -0.3 is 14.5 Å². The van der Waals surface area contributed by atoms with E-state index >= 15 is 0 Å². The lowest BCUT2D eigenvalue weighted by atomic mass is 10.2. The first-order valence-electron chi connectivity index (χ1n) is 8.24. The average molecular weight is 380 g/mol. The maximum Gasteiger partial charge on any atom is 0.339 e. The highest BCUT2D eigenvalue weighted by atomic mass is 32.2. The fourth-order valence-corrected chi connectivity index (χ4v) is 3.34. The molecule has 3 rings (SSSR count). The summed E-state index contributed by atoms with van der Waals surface area (Å²) in [6.45, 7) is 1.52. The number of rotatable bonds is 6. The second-order valence-corrected chi connectivity index (χ2v) is 6.77. The van der Waals surface area contributed by atoms with Crippen LogP contribution in [-0.2, 0) is 9.53 Å². The van der Waals surface area contributed by atoms with Gasteiger partial charge in [0.25, 0.3) is 5.91 Å². The van der Waals surface area contributed by atoms with Gasteiger partial charge in [-0.2, -0.15) is 5.26 Å². The minimum atomic E-state index is -0.570. The summed E-state index contributed by atoms with van der Waals surface area (Å²) in [5.74, 6) is -0.304. The molecule has 2 aromatic carbocycles. The standard InChI is InChI=1S/C20H16N2O4S/c1-2-27-17-10-6-4-8-14(17)20(24)25-12-18(23)22-19-13-7-3-5-9-15(13)26-16(19)11-21/h3-10H,2,12H2,1H3,(H,22,23). The molecule has 0 saturated heterocycles. The molecule has 3 aromatic rings. The van der Waals surface area contributed by atoms with Gasteiger partial charge in [0.15, 0.2) is 6.61 Å². The minimum absolute atomic E-state index is 0.000526. The van der Waals surface area contributed by atoms with Crippen molar-refractivity contribution in [2.75, 3.05) is 17.7 Å². The number of amides is 1. The number of carbonyl (C=O) groups is 2. The number of para-hydroxylation sites is 1. The van der Waals surface area contributed by atoms with Crippen molar-refractivity contribution in [2.24, 2.45) is 0 Å². The number of carbonyl (C=O) groups excluding carboxylic acids is 2. The molecule has 0 atom stereocenters. The molecule has 27 heavy (non-hydrogen) atoms. The predicted molar refractivity (Wildman–Crippen MR) is 103 cm³/mol. The van der Waals surface area contributed by atoms with E-state index in [0.717, 1.165) is 10.6 Å². The number of ether oxygens (including phenoxy) is 1. The van der Waals surface area contributed by atoms with Crippen molar-refractivity contribution in [1.82, 2.24) is 0 Å². The van der Waals surface area contributed by atoms with Crippen LogP contribution in [0.5, 0.6) is 0 Å². The molecular weight excluding hydrogens is 364 g/mol. The number of nitrogens with one attached hydrogen (secondary N) is 1. The molecule has 0 bridgehead atoms. The van der Waals surface area contributed by atoms with Gasteiger partial charge in [-0.1, -0.05) is 31.2 Å². The molecule has 0 aliphatic heterocycles. The molecule has 6 nitrogen and oxygen atoms in total. The molecule has 0 saturated carbocycles. The summed E-state index contributed by atoms with van der Waals surface area (Å²) in [5, 5.41) is 12.4. The van der Waals surface area contributed by atoms with Crippen LogP contribution in [0.2, 0.25) is 0 Å². The van der Waals surface area contributed by atoms with Crippen LogP contribution < -0.4 is 5.32 Å². The van der Waals surface area contributed by atoms with Crippen LogP contribution in [0.4, 0.5) is 5.69 Å². The van der Waals surface area contributed by atoms with Crippen LogP contribution in [0.3, 0.4) is 0 Å². The Hall–Kier alpha value is -3.24. The number of benzene rings is 2. The third kappa shape index (κ3) is 4.13. The summed E-state index contributed by atoms with van der Waals surface area (Å²) >= 11 is 1.52. The summed E-state index contributed by atoms with van der Waals surface area (Å²) in [5.41, 5.74) is 1.19. The van der Waals surface area contributed by atoms with Crippen molar-refractivity contribution in [3.63, 3.8) is 0 Å². The molecule has 1 N–H and O–H groups in total. The van der Waals surface area contributed by atoms with E-state index in [1.54, 1.807) is 36.4 Å². The van der Waals surface area contributed by atoms with Gasteiger partial charge in [-0.15, -0.1) is 11.8 Å². The third-order valence-corrected chi connectivity index (χ3v) is 4.66. The molecule has 1 amide bonds. The normalized spacial score (nSPS) is 10.4. The van der Waals surface area contributed by atoms with E-state index in [9.17, 15) is 14.9 Å². The maximum atomic E-state index is 12.3. The number of hydrogen-bond donors (Lipinski definition) is 1. The molecule has 1 heterocycles. The SMILES string of the molecule is CCSc1ccccc1C(=O)OCC(=O)Nc1c(C#N)oc2ccccc12. The Balaban J connectivity index is 1.69. The second kappa shape index (κ2) is 8.43. The van der Waals surface area contributed by atoms with E-state index in [1.807, 2.05) is 25.1 Å². The zero-order chi connectivity index (χ0) is 19.2. The average Bonchev–Trinajstić information content (AvgIpc) is 3.04. The highest BCUT2D eigenvalue weighted by Crippen LogP contribution is 2.30. The van der Waals surface area contributed by atoms with Gasteiger partial charge in [-0.3, -0.25) is 4.79 Å². The third-order valence-electron chi connectivity index (χ3n) is 3.70. The molecule has 0 spiro atoms.